The fourth-order valence-electron chi connectivity index (χ4n) is 11.4. The maximum absolute atomic E-state index is 13.7. The molecule has 0 aromatic heterocycles. The molecule has 2 aromatic carbocycles. The highest BCUT2D eigenvalue weighted by atomic mass is 16.6. The summed E-state index contributed by atoms with van der Waals surface area (Å²) in [5.41, 5.74) is 5.95. The summed E-state index contributed by atoms with van der Waals surface area (Å²) in [5.74, 6) is -6.63. The fraction of sp³-hybridized carbons (Fsp3) is 0.605. The summed E-state index contributed by atoms with van der Waals surface area (Å²) < 4.78 is 10.5. The third kappa shape index (κ3) is 43.3. The molecule has 0 unspecified atom stereocenters. The number of hydrogen-bond donors (Lipinski definition) is 6. The lowest BCUT2D eigenvalue weighted by molar-refractivity contribution is -0.139. The van der Waals surface area contributed by atoms with Crippen molar-refractivity contribution in [3.05, 3.63) is 96.1 Å². The van der Waals surface area contributed by atoms with Crippen molar-refractivity contribution in [2.45, 2.75) is 234 Å². The van der Waals surface area contributed by atoms with Crippen LogP contribution in [0.3, 0.4) is 0 Å². The van der Waals surface area contributed by atoms with Gasteiger partial charge in [0.25, 0.3) is 23.6 Å². The van der Waals surface area contributed by atoms with Crippen LogP contribution in [-0.2, 0) is 89.4 Å². The van der Waals surface area contributed by atoms with Crippen LogP contribution in [0.2, 0.25) is 0 Å². The van der Waals surface area contributed by atoms with E-state index >= 15 is 0 Å². The van der Waals surface area contributed by atoms with Crippen molar-refractivity contribution in [3.8, 4) is 0 Å². The van der Waals surface area contributed by atoms with Gasteiger partial charge in [-0.25, -0.2) is 9.59 Å². The number of ether oxygens (including phenoxy) is 2. The van der Waals surface area contributed by atoms with E-state index < -0.39 is 77.4 Å². The maximum Gasteiger partial charge on any atom is 0.410 e. The summed E-state index contributed by atoms with van der Waals surface area (Å²) in [6.07, 6.45) is 11.3. The normalized spacial score (nSPS) is 13.6. The number of hydrogen-bond acceptors (Lipinski definition) is 19. The molecule has 0 bridgehead atoms. The van der Waals surface area contributed by atoms with Gasteiger partial charge in [0.05, 0.1) is 18.6 Å². The molecule has 0 aliphatic carbocycles. The Labute approximate surface area is 642 Å². The largest absolute Gasteiger partial charge is 0.480 e. The Hall–Kier alpha value is -9.60. The molecule has 4 rings (SSSR count). The van der Waals surface area contributed by atoms with Crippen LogP contribution in [0.5, 0.6) is 0 Å². The van der Waals surface area contributed by atoms with Gasteiger partial charge in [-0.05, 0) is 142 Å². The molecular weight excluding hydrogens is 1400 g/mol. The van der Waals surface area contributed by atoms with E-state index in [1.807, 2.05) is 109 Å². The van der Waals surface area contributed by atoms with Crippen molar-refractivity contribution in [3.63, 3.8) is 0 Å². The Balaban J connectivity index is 0.000000648. The molecule has 0 saturated carbocycles. The van der Waals surface area contributed by atoms with Gasteiger partial charge in [-0.15, -0.1) is 0 Å². The fourth-order valence-corrected chi connectivity index (χ4v) is 11.4. The number of carboxylic acid groups (broad SMARTS) is 1. The van der Waals surface area contributed by atoms with E-state index in [1.54, 1.807) is 34.9 Å². The molecule has 2 aliphatic rings. The lowest BCUT2D eigenvalue weighted by atomic mass is 9.88. The number of ketones is 5. The van der Waals surface area contributed by atoms with Gasteiger partial charge in [-0.3, -0.25) is 76.9 Å². The Kier molecular flexibility index (Phi) is 44.6. The van der Waals surface area contributed by atoms with Crippen LogP contribution in [0, 0.1) is 23.7 Å². The molecule has 2 heterocycles. The molecule has 4 atom stereocenters. The van der Waals surface area contributed by atoms with Crippen molar-refractivity contribution >= 4 is 94.3 Å². The Morgan fingerprint density at radius 2 is 0.807 bits per heavy atom. The highest BCUT2D eigenvalue weighted by molar-refractivity contribution is 6.13. The van der Waals surface area contributed by atoms with E-state index in [-0.39, 0.29) is 148 Å². The number of carbonyl (C=O) groups excluding carboxylic acids is 15. The minimum absolute atomic E-state index is 0.0119. The second kappa shape index (κ2) is 50.9. The predicted octanol–water partition coefficient (Wildman–Crippen LogP) is 8.47. The number of Topliss-reactive ketones (excluding diaryl/α,β-unsaturated/α-hetero) is 5. The van der Waals surface area contributed by atoms with Gasteiger partial charge in [-0.2, -0.15) is 0 Å². The number of nitrogens with zero attached hydrogens (tertiary/aromatic N) is 4. The van der Waals surface area contributed by atoms with Crippen LogP contribution in [0.15, 0.2) is 85.0 Å². The molecule has 28 nitrogen and oxygen atoms in total. The summed E-state index contributed by atoms with van der Waals surface area (Å²) in [6.45, 7) is 20.2. The minimum Gasteiger partial charge on any atom is -0.480 e. The molecular formula is C81H121N9O19. The Bertz CT molecular complexity index is 3360. The van der Waals surface area contributed by atoms with E-state index in [9.17, 15) is 76.7 Å². The van der Waals surface area contributed by atoms with E-state index in [2.05, 4.69) is 21.3 Å². The molecule has 109 heavy (non-hydrogen) atoms. The number of imide groups is 2. The minimum atomic E-state index is -1.19. The van der Waals surface area contributed by atoms with Crippen molar-refractivity contribution in [2.24, 2.45) is 29.4 Å². The average Bonchev–Trinajstić information content (AvgIpc) is 1.66. The first kappa shape index (κ1) is 95.5. The number of amides is 10. The molecule has 0 radical (unpaired) electrons. The standard InChI is InChI=1S/C41H60N4O9.C31H41N3O8.C9H20N2O2/c1-29(2)25-31(39(52)42-28-33(47)18-12-14-23-44(6)40(53)54-41(3,4)5)27-35(48)34(26-30-15-9-7-10-16-30)43-36(49)20-19-32(46)17-11-8-13-24-45-37(50)21-22-38(45)51;1-21(2)17-23(31(42)32-20-30(40)41)19-26(36)25(18-22-9-5-3-6-10-22)33-27(37)13-12-24(35)11-7-4-8-16-34-28(38)14-15-29(34)39;1-9(2,3)13-8(12)11(4)7-5-6-10/h7,9-10,15-16,21-22,29,31,34H,8,11-14,17-20,23-28H2,1-6H3,(H,42,52)(H,43,49);3,5-6,9-10,14-15,21,23,25H,4,7-8,11-13,16-20H2,1-2H3,(H,32,42)(H,33,37)(H,40,41);5-7,10H2,1-4H3/t31-,34+;23-,25+;/m11./s1. The highest BCUT2D eigenvalue weighted by Gasteiger charge is 2.32. The zero-order valence-corrected chi connectivity index (χ0v) is 66.2. The molecule has 10 amide bonds. The van der Waals surface area contributed by atoms with Crippen molar-refractivity contribution in [1.82, 2.24) is 40.9 Å². The Morgan fingerprint density at radius 3 is 1.16 bits per heavy atom. The quantitative estimate of drug-likeness (QED) is 0.0267. The molecule has 28 heteroatoms. The SMILES string of the molecule is CC(C)C[C@H](CC(=O)[C@H](Cc1ccccc1)NC(=O)CCC(=O)CCCCCN1C(=O)C=CC1=O)C(=O)NCC(=O)CCCCN(C)C(=O)OC(C)(C)C.CC(C)C[C@H](CC(=O)[C@H](Cc1ccccc1)NC(=O)CCC(=O)CCCCCN1C(=O)C=CC1=O)C(=O)NCC(=O)O.CN(CCCN)C(=O)OC(C)(C)C. The van der Waals surface area contributed by atoms with Crippen LogP contribution in [0.4, 0.5) is 9.59 Å². The van der Waals surface area contributed by atoms with Crippen LogP contribution in [0.25, 0.3) is 0 Å². The van der Waals surface area contributed by atoms with Gasteiger partial charge in [0.2, 0.25) is 23.6 Å². The first-order chi connectivity index (χ1) is 51.3. The van der Waals surface area contributed by atoms with E-state index in [4.69, 9.17) is 20.3 Å². The lowest BCUT2D eigenvalue weighted by Gasteiger charge is -2.24. The van der Waals surface area contributed by atoms with Crippen LogP contribution < -0.4 is 27.0 Å². The van der Waals surface area contributed by atoms with Crippen molar-refractivity contribution in [1.29, 1.82) is 0 Å². The number of rotatable bonds is 48. The topological polar surface area (TPSA) is 399 Å². The molecule has 7 N–H and O–H groups in total. The molecule has 0 saturated heterocycles. The summed E-state index contributed by atoms with van der Waals surface area (Å²) >= 11 is 0. The number of aliphatic carboxylic acids is 1. The number of unbranched alkanes of at least 4 members (excludes halogenated alkanes) is 5. The molecule has 2 aromatic rings. The van der Waals surface area contributed by atoms with Crippen molar-refractivity contribution < 1.29 is 91.3 Å². The van der Waals surface area contributed by atoms with Gasteiger partial charge < -0.3 is 51.4 Å². The third-order valence-electron chi connectivity index (χ3n) is 17.1. The Morgan fingerprint density at radius 1 is 0.459 bits per heavy atom. The predicted molar refractivity (Wildman–Crippen MR) is 410 cm³/mol. The van der Waals surface area contributed by atoms with Crippen LogP contribution in [-0.4, -0.2) is 202 Å². The first-order valence-corrected chi connectivity index (χ1v) is 38.0. The molecule has 2 aliphatic heterocycles. The molecule has 604 valence electrons. The second-order valence-corrected chi connectivity index (χ2v) is 30.4. The maximum atomic E-state index is 13.7. The smallest absolute Gasteiger partial charge is 0.410 e. The summed E-state index contributed by atoms with van der Waals surface area (Å²) in [4.78, 5) is 202. The van der Waals surface area contributed by atoms with Gasteiger partial charge >= 0.3 is 18.2 Å². The zero-order valence-electron chi connectivity index (χ0n) is 66.2. The number of carboxylic acids is 1. The monoisotopic (exact) mass is 1520 g/mol. The first-order valence-electron chi connectivity index (χ1n) is 38.0. The van der Waals surface area contributed by atoms with E-state index in [1.165, 1.54) is 39.0 Å². The summed E-state index contributed by atoms with van der Waals surface area (Å²) in [6, 6.07) is 16.5. The van der Waals surface area contributed by atoms with Gasteiger partial charge in [-0.1, -0.05) is 101 Å². The van der Waals surface area contributed by atoms with Crippen LogP contribution in [0.1, 0.15) is 209 Å². The van der Waals surface area contributed by atoms with E-state index in [0.29, 0.717) is 96.9 Å². The third-order valence-corrected chi connectivity index (χ3v) is 17.1. The number of nitrogens with one attached hydrogen (secondary N) is 4. The van der Waals surface area contributed by atoms with E-state index in [0.717, 1.165) is 22.4 Å². The van der Waals surface area contributed by atoms with Gasteiger partial charge in [0, 0.05) is 134 Å². The highest BCUT2D eigenvalue weighted by Crippen LogP contribution is 2.22. The number of carbonyl (C=O) groups is 16. The molecule has 0 fully saturated rings. The van der Waals surface area contributed by atoms with Crippen LogP contribution >= 0.6 is 0 Å². The van der Waals surface area contributed by atoms with Crippen molar-refractivity contribution in [2.75, 3.05) is 59.9 Å². The summed E-state index contributed by atoms with van der Waals surface area (Å²) in [5, 5.41) is 19.5. The van der Waals surface area contributed by atoms with Gasteiger partial charge in [0.15, 0.2) is 17.3 Å². The number of nitrogens with two attached hydrogens (primary N) is 1. The zero-order chi connectivity index (χ0) is 81.8. The average molecular weight is 1520 g/mol. The summed E-state index contributed by atoms with van der Waals surface area (Å²) in [7, 11) is 3.35. The molecule has 0 spiro atoms. The van der Waals surface area contributed by atoms with Gasteiger partial charge in [0.1, 0.15) is 29.3 Å². The second-order valence-electron chi connectivity index (χ2n) is 30.4. The number of benzene rings is 2. The lowest BCUT2D eigenvalue weighted by Crippen LogP contribution is -2.44.